The number of carbonyl (C=O) groups is 1. The van der Waals surface area contributed by atoms with E-state index in [1.54, 1.807) is 15.8 Å². The van der Waals surface area contributed by atoms with Crippen LogP contribution in [-0.4, -0.2) is 52.8 Å². The van der Waals surface area contributed by atoms with Crippen molar-refractivity contribution in [2.45, 2.75) is 6.04 Å². The Bertz CT molecular complexity index is 768. The van der Waals surface area contributed by atoms with Crippen molar-refractivity contribution >= 4 is 11.6 Å². The third-order valence-corrected chi connectivity index (χ3v) is 3.98. The van der Waals surface area contributed by atoms with Crippen LogP contribution in [0, 0.1) is 10.1 Å². The van der Waals surface area contributed by atoms with Crippen molar-refractivity contribution in [1.82, 2.24) is 14.7 Å². The minimum absolute atomic E-state index is 0.0171. The fraction of sp³-hybridized carbons (Fsp3) is 0.333. The van der Waals surface area contributed by atoms with Crippen LogP contribution in [0.4, 0.5) is 5.69 Å². The van der Waals surface area contributed by atoms with Crippen molar-refractivity contribution in [3.8, 4) is 11.5 Å². The zero-order valence-corrected chi connectivity index (χ0v) is 13.2. The smallest absolute Gasteiger partial charge is 0.286 e. The van der Waals surface area contributed by atoms with Gasteiger partial charge in [0.2, 0.25) is 0 Å². The van der Waals surface area contributed by atoms with Gasteiger partial charge in [0.1, 0.15) is 5.56 Å². The highest BCUT2D eigenvalue weighted by atomic mass is 16.6. The van der Waals surface area contributed by atoms with E-state index < -0.39 is 10.8 Å². The van der Waals surface area contributed by atoms with Crippen molar-refractivity contribution in [3.05, 3.63) is 46.3 Å². The molecule has 3 rings (SSSR count). The number of aromatic nitrogens is 2. The summed E-state index contributed by atoms with van der Waals surface area (Å²) in [6, 6.07) is 4.45. The van der Waals surface area contributed by atoms with Gasteiger partial charge in [0, 0.05) is 31.5 Å². The second kappa shape index (κ2) is 6.19. The summed E-state index contributed by atoms with van der Waals surface area (Å²) in [6.07, 6.45) is 3.50. The lowest BCUT2D eigenvalue weighted by Gasteiger charge is -2.39. The maximum atomic E-state index is 12.6. The van der Waals surface area contributed by atoms with E-state index in [1.165, 1.54) is 26.4 Å². The Labute approximate surface area is 137 Å². The van der Waals surface area contributed by atoms with Crippen LogP contribution < -0.4 is 9.47 Å². The van der Waals surface area contributed by atoms with E-state index in [9.17, 15) is 14.9 Å². The van der Waals surface area contributed by atoms with E-state index in [1.807, 2.05) is 12.3 Å². The van der Waals surface area contributed by atoms with E-state index in [0.29, 0.717) is 13.1 Å². The van der Waals surface area contributed by atoms with E-state index in [2.05, 4.69) is 5.10 Å². The molecule has 0 atom stereocenters. The zero-order chi connectivity index (χ0) is 17.3. The van der Waals surface area contributed by atoms with E-state index in [0.717, 1.165) is 0 Å². The van der Waals surface area contributed by atoms with Crippen LogP contribution in [0.25, 0.3) is 0 Å². The van der Waals surface area contributed by atoms with Crippen LogP contribution in [0.15, 0.2) is 30.6 Å². The Morgan fingerprint density at radius 3 is 2.50 bits per heavy atom. The maximum absolute atomic E-state index is 12.6. The standard InChI is InChI=1S/C15H16N4O5/c1-23-13-6-11(12(19(21)22)7-14(13)24-2)15(20)17-8-10(9-17)18-5-3-4-16-18/h3-7,10H,8-9H2,1-2H3. The number of carbonyl (C=O) groups excluding carboxylic acids is 1. The molecule has 0 radical (unpaired) electrons. The van der Waals surface area contributed by atoms with Crippen molar-refractivity contribution in [2.24, 2.45) is 0 Å². The van der Waals surface area contributed by atoms with Gasteiger partial charge in [-0.25, -0.2) is 0 Å². The van der Waals surface area contributed by atoms with Gasteiger partial charge < -0.3 is 14.4 Å². The molecule has 2 heterocycles. The summed E-state index contributed by atoms with van der Waals surface area (Å²) in [7, 11) is 2.79. The molecular formula is C15H16N4O5. The van der Waals surface area contributed by atoms with Crippen LogP contribution in [0.5, 0.6) is 11.5 Å². The molecule has 1 aromatic heterocycles. The molecule has 2 aromatic rings. The predicted molar refractivity (Wildman–Crippen MR) is 83.4 cm³/mol. The molecule has 1 fully saturated rings. The average molecular weight is 332 g/mol. The fourth-order valence-electron chi connectivity index (χ4n) is 2.65. The first-order valence-corrected chi connectivity index (χ1v) is 7.24. The van der Waals surface area contributed by atoms with Crippen molar-refractivity contribution in [2.75, 3.05) is 27.3 Å². The minimum atomic E-state index is -0.597. The van der Waals surface area contributed by atoms with E-state index >= 15 is 0 Å². The molecule has 0 aliphatic carbocycles. The normalized spacial score (nSPS) is 14.2. The maximum Gasteiger partial charge on any atom is 0.286 e. The molecule has 126 valence electrons. The number of benzene rings is 1. The Hall–Kier alpha value is -3.10. The third kappa shape index (κ3) is 2.64. The molecule has 0 N–H and O–H groups in total. The summed E-state index contributed by atoms with van der Waals surface area (Å²) in [5.41, 5.74) is -0.322. The molecule has 9 nitrogen and oxygen atoms in total. The van der Waals surface area contributed by atoms with Gasteiger partial charge >= 0.3 is 0 Å². The Morgan fingerprint density at radius 2 is 1.96 bits per heavy atom. The highest BCUT2D eigenvalue weighted by Crippen LogP contribution is 2.36. The number of ether oxygens (including phenoxy) is 2. The number of nitrogens with zero attached hydrogens (tertiary/aromatic N) is 4. The van der Waals surface area contributed by atoms with Gasteiger partial charge in [-0.05, 0) is 6.07 Å². The van der Waals surface area contributed by atoms with Crippen LogP contribution in [0.1, 0.15) is 16.4 Å². The summed E-state index contributed by atoms with van der Waals surface area (Å²) in [4.78, 5) is 24.9. The quantitative estimate of drug-likeness (QED) is 0.608. The molecule has 0 bridgehead atoms. The Kier molecular flexibility index (Phi) is 4.07. The molecule has 0 unspecified atom stereocenters. The highest BCUT2D eigenvalue weighted by Gasteiger charge is 2.36. The van der Waals surface area contributed by atoms with E-state index in [4.69, 9.17) is 9.47 Å². The molecule has 1 aliphatic rings. The molecule has 0 saturated carbocycles. The topological polar surface area (TPSA) is 99.7 Å². The second-order valence-corrected chi connectivity index (χ2v) is 5.33. The van der Waals surface area contributed by atoms with Gasteiger partial charge in [-0.1, -0.05) is 0 Å². The number of hydrogen-bond acceptors (Lipinski definition) is 6. The van der Waals surface area contributed by atoms with Crippen LogP contribution >= 0.6 is 0 Å². The lowest BCUT2D eigenvalue weighted by atomic mass is 10.0. The first kappa shape index (κ1) is 15.8. The molecule has 24 heavy (non-hydrogen) atoms. The van der Waals surface area contributed by atoms with Gasteiger partial charge in [0.15, 0.2) is 11.5 Å². The molecule has 1 aromatic carbocycles. The summed E-state index contributed by atoms with van der Waals surface area (Å²) in [5.74, 6) is 0.0698. The molecule has 1 amide bonds. The van der Waals surface area contributed by atoms with Gasteiger partial charge in [-0.15, -0.1) is 0 Å². The SMILES string of the molecule is COc1cc(C(=O)N2CC(n3cccn3)C2)c([N+](=O)[O-])cc1OC. The first-order chi connectivity index (χ1) is 11.5. The van der Waals surface area contributed by atoms with Crippen molar-refractivity contribution < 1.29 is 19.2 Å². The number of nitro benzene ring substituents is 1. The summed E-state index contributed by atoms with van der Waals surface area (Å²) in [6.45, 7) is 0.901. The predicted octanol–water partition coefficient (Wildman–Crippen LogP) is 1.51. The fourth-order valence-corrected chi connectivity index (χ4v) is 2.65. The van der Waals surface area contributed by atoms with Gasteiger partial charge in [-0.3, -0.25) is 19.6 Å². The number of hydrogen-bond donors (Lipinski definition) is 0. The van der Waals surface area contributed by atoms with Gasteiger partial charge in [-0.2, -0.15) is 5.10 Å². The second-order valence-electron chi connectivity index (χ2n) is 5.33. The summed E-state index contributed by atoms with van der Waals surface area (Å²) in [5, 5.41) is 15.4. The van der Waals surface area contributed by atoms with Crippen LogP contribution in [0.3, 0.4) is 0 Å². The number of rotatable bonds is 5. The lowest BCUT2D eigenvalue weighted by Crippen LogP contribution is -2.51. The third-order valence-electron chi connectivity index (χ3n) is 3.98. The number of nitro groups is 1. The van der Waals surface area contributed by atoms with Crippen LogP contribution in [-0.2, 0) is 0 Å². The summed E-state index contributed by atoms with van der Waals surface area (Å²) < 4.78 is 12.0. The lowest BCUT2D eigenvalue weighted by molar-refractivity contribution is -0.385. The average Bonchev–Trinajstić information content (AvgIpc) is 3.05. The van der Waals surface area contributed by atoms with E-state index in [-0.39, 0.29) is 28.8 Å². The zero-order valence-electron chi connectivity index (χ0n) is 13.2. The summed E-state index contributed by atoms with van der Waals surface area (Å²) >= 11 is 0. The molecule has 1 aliphatic heterocycles. The van der Waals surface area contributed by atoms with Crippen molar-refractivity contribution in [1.29, 1.82) is 0 Å². The molecule has 1 saturated heterocycles. The Morgan fingerprint density at radius 1 is 1.29 bits per heavy atom. The Balaban J connectivity index is 1.85. The largest absolute Gasteiger partial charge is 0.493 e. The first-order valence-electron chi connectivity index (χ1n) is 7.24. The molecular weight excluding hydrogens is 316 g/mol. The van der Waals surface area contributed by atoms with Crippen LogP contribution in [0.2, 0.25) is 0 Å². The number of methoxy groups -OCH3 is 2. The minimum Gasteiger partial charge on any atom is -0.493 e. The van der Waals surface area contributed by atoms with Crippen molar-refractivity contribution in [3.63, 3.8) is 0 Å². The number of amides is 1. The number of likely N-dealkylation sites (tertiary alicyclic amines) is 1. The molecule has 0 spiro atoms. The van der Waals surface area contributed by atoms with Gasteiger partial charge in [0.05, 0.1) is 31.3 Å². The highest BCUT2D eigenvalue weighted by molar-refractivity contribution is 5.99. The van der Waals surface area contributed by atoms with Gasteiger partial charge in [0.25, 0.3) is 11.6 Å². The molecule has 9 heteroatoms. The monoisotopic (exact) mass is 332 g/mol.